The molecule has 0 amide bonds. The van der Waals surface area contributed by atoms with Gasteiger partial charge in [0.15, 0.2) is 0 Å². The Labute approximate surface area is 249 Å². The van der Waals surface area contributed by atoms with E-state index in [0.717, 1.165) is 5.92 Å². The average Bonchev–Trinajstić information content (AvgIpc) is 3.55. The van der Waals surface area contributed by atoms with E-state index in [1.807, 2.05) is 0 Å². The van der Waals surface area contributed by atoms with Gasteiger partial charge in [-0.05, 0) is 57.8 Å². The van der Waals surface area contributed by atoms with Gasteiger partial charge in [0.2, 0.25) is 0 Å². The Bertz CT molecular complexity index is 1080. The minimum Gasteiger partial charge on any atom is -0.358 e. The van der Waals surface area contributed by atoms with Crippen molar-refractivity contribution in [2.24, 2.45) is 11.8 Å². The van der Waals surface area contributed by atoms with Crippen LogP contribution in [0.4, 0.5) is 0 Å². The minimum atomic E-state index is 0. The summed E-state index contributed by atoms with van der Waals surface area (Å²) in [4.78, 5) is 0. The summed E-state index contributed by atoms with van der Waals surface area (Å²) in [6.45, 7) is 4.81. The molecule has 39 heavy (non-hydrogen) atoms. The van der Waals surface area contributed by atoms with Crippen LogP contribution in [0, 0.1) is 26.7 Å². The third kappa shape index (κ3) is 7.53. The maximum atomic E-state index is 2.47. The molecule has 4 atom stereocenters. The Morgan fingerprint density at radius 3 is 0.897 bits per heavy atom. The van der Waals surface area contributed by atoms with E-state index in [1.165, 1.54) is 47.9 Å². The van der Waals surface area contributed by atoms with Gasteiger partial charge in [-0.3, -0.25) is 0 Å². The molecule has 0 saturated heterocycles. The molecular weight excluding hydrogens is 512 g/mol. The summed E-state index contributed by atoms with van der Waals surface area (Å²) in [5.41, 5.74) is 5.81. The van der Waals surface area contributed by atoms with Crippen molar-refractivity contribution >= 4 is 0 Å². The quantitative estimate of drug-likeness (QED) is 0.173. The molecule has 0 aliphatic heterocycles. The van der Waals surface area contributed by atoms with E-state index >= 15 is 0 Å². The van der Waals surface area contributed by atoms with Crippen molar-refractivity contribution in [1.29, 1.82) is 0 Å². The Morgan fingerprint density at radius 2 is 0.667 bits per heavy atom. The van der Waals surface area contributed by atoms with Crippen molar-refractivity contribution in [2.75, 3.05) is 0 Å². The van der Waals surface area contributed by atoms with E-state index in [4.69, 9.17) is 0 Å². The zero-order valence-electron chi connectivity index (χ0n) is 24.2. The molecular formula is C38H46Fe. The van der Waals surface area contributed by atoms with E-state index in [1.54, 1.807) is 0 Å². The van der Waals surface area contributed by atoms with Crippen molar-refractivity contribution in [2.45, 2.75) is 63.2 Å². The summed E-state index contributed by atoms with van der Waals surface area (Å²) in [7, 11) is 0. The third-order valence-electron chi connectivity index (χ3n) is 8.68. The molecule has 0 aromatic heterocycles. The maximum Gasteiger partial charge on any atom is 2.00 e. The predicted octanol–water partition coefficient (Wildman–Crippen LogP) is 10.9. The second-order valence-electron chi connectivity index (χ2n) is 11.0. The van der Waals surface area contributed by atoms with Crippen LogP contribution in [0.5, 0.6) is 0 Å². The van der Waals surface area contributed by atoms with Crippen molar-refractivity contribution in [1.82, 2.24) is 0 Å². The molecule has 2 aliphatic rings. The van der Waals surface area contributed by atoms with Crippen molar-refractivity contribution in [3.05, 3.63) is 158 Å². The molecule has 6 rings (SSSR count). The van der Waals surface area contributed by atoms with Crippen LogP contribution in [0.15, 0.2) is 121 Å². The zero-order chi connectivity index (χ0) is 24.7. The molecule has 4 aromatic carbocycles. The summed E-state index contributed by atoms with van der Waals surface area (Å²) in [5, 5.41) is 0. The second-order valence-corrected chi connectivity index (χ2v) is 11.0. The maximum absolute atomic E-state index is 2.47. The average molecular weight is 559 g/mol. The fourth-order valence-corrected chi connectivity index (χ4v) is 7.01. The molecule has 2 saturated carbocycles. The number of benzene rings is 4. The van der Waals surface area contributed by atoms with Gasteiger partial charge in [0, 0.05) is 0 Å². The van der Waals surface area contributed by atoms with E-state index in [-0.39, 0.29) is 31.9 Å². The van der Waals surface area contributed by atoms with Crippen LogP contribution in [0.3, 0.4) is 0 Å². The first-order valence-electron chi connectivity index (χ1n) is 13.9. The summed E-state index contributed by atoms with van der Waals surface area (Å²) in [5.74, 6) is 3.41. The van der Waals surface area contributed by atoms with Gasteiger partial charge >= 0.3 is 17.1 Å². The number of rotatable bonds is 4. The summed E-state index contributed by atoms with van der Waals surface area (Å²) in [6, 6.07) is 44.7. The van der Waals surface area contributed by atoms with Crippen LogP contribution in [0.1, 0.15) is 85.5 Å². The number of hydrogen-bond donors (Lipinski definition) is 0. The fraction of sp³-hybridized carbons (Fsp3) is 0.316. The second kappa shape index (κ2) is 15.9. The smallest absolute Gasteiger partial charge is 0.358 e. The zero-order valence-corrected chi connectivity index (χ0v) is 25.3. The molecule has 2 aliphatic carbocycles. The molecule has 0 nitrogen and oxygen atoms in total. The van der Waals surface area contributed by atoms with E-state index in [9.17, 15) is 0 Å². The van der Waals surface area contributed by atoms with Gasteiger partial charge in [-0.2, -0.15) is 0 Å². The molecule has 0 heterocycles. The van der Waals surface area contributed by atoms with Crippen LogP contribution in [-0.4, -0.2) is 0 Å². The monoisotopic (exact) mass is 558 g/mol. The number of hydrogen-bond acceptors (Lipinski definition) is 0. The van der Waals surface area contributed by atoms with Crippen LogP contribution in [0.25, 0.3) is 0 Å². The van der Waals surface area contributed by atoms with Gasteiger partial charge in [-0.15, -0.1) is 0 Å². The standard InChI is InChI=1S/C30H28.C6H12.2CH3.Fe/c1-22-27(23-14-6-2-7-15-23)29(25-18-10-4-11-19-25)30(26-20-12-5-13-21-26)28(22)24-16-8-3-9-17-24;1-6-4-2-3-5-6;;;/h2-22,27-30H,1H3;6H,2-5H2,1H3;2*1H3;/q;;2*-1;+2. The van der Waals surface area contributed by atoms with Gasteiger partial charge in [0.25, 0.3) is 0 Å². The van der Waals surface area contributed by atoms with Crippen LogP contribution in [-0.2, 0) is 17.1 Å². The van der Waals surface area contributed by atoms with Crippen molar-refractivity contribution in [3.63, 3.8) is 0 Å². The molecule has 206 valence electrons. The fourth-order valence-electron chi connectivity index (χ4n) is 7.01. The van der Waals surface area contributed by atoms with Gasteiger partial charge in [-0.1, -0.05) is 161 Å². The molecule has 4 unspecified atom stereocenters. The summed E-state index contributed by atoms with van der Waals surface area (Å²) >= 11 is 0. The Hall–Kier alpha value is -2.60. The van der Waals surface area contributed by atoms with E-state index < -0.39 is 0 Å². The predicted molar refractivity (Wildman–Crippen MR) is 166 cm³/mol. The molecule has 1 heteroatoms. The van der Waals surface area contributed by atoms with Gasteiger partial charge < -0.3 is 14.9 Å². The van der Waals surface area contributed by atoms with Crippen molar-refractivity contribution < 1.29 is 17.1 Å². The largest absolute Gasteiger partial charge is 2.00 e. The Kier molecular flexibility index (Phi) is 13.3. The molecule has 0 N–H and O–H groups in total. The molecule has 4 aromatic rings. The molecule has 2 fully saturated rings. The molecule has 0 spiro atoms. The Balaban J connectivity index is 0.000000528. The minimum absolute atomic E-state index is 0. The normalized spacial score (nSPS) is 23.8. The summed E-state index contributed by atoms with van der Waals surface area (Å²) < 4.78 is 0. The molecule has 0 bridgehead atoms. The SMILES string of the molecule is CC1C(c2ccccc2)C(c2ccccc2)C(c2ccccc2)C1c1ccccc1.CC1CCCC1.[CH3-].[CH3-].[Fe+2]. The van der Waals surface area contributed by atoms with Gasteiger partial charge in [-0.25, -0.2) is 0 Å². The van der Waals surface area contributed by atoms with E-state index in [2.05, 4.69) is 135 Å². The van der Waals surface area contributed by atoms with Crippen LogP contribution in [0.2, 0.25) is 0 Å². The Morgan fingerprint density at radius 1 is 0.410 bits per heavy atom. The van der Waals surface area contributed by atoms with Crippen LogP contribution >= 0.6 is 0 Å². The third-order valence-corrected chi connectivity index (χ3v) is 8.68. The first-order chi connectivity index (χ1) is 17.7. The van der Waals surface area contributed by atoms with Gasteiger partial charge in [0.05, 0.1) is 0 Å². The van der Waals surface area contributed by atoms with Crippen LogP contribution < -0.4 is 0 Å². The first-order valence-corrected chi connectivity index (χ1v) is 13.9. The first kappa shape index (κ1) is 32.6. The summed E-state index contributed by atoms with van der Waals surface area (Å²) in [6.07, 6.45) is 5.95. The van der Waals surface area contributed by atoms with Crippen molar-refractivity contribution in [3.8, 4) is 0 Å². The topological polar surface area (TPSA) is 0 Å². The van der Waals surface area contributed by atoms with E-state index in [0.29, 0.717) is 29.6 Å². The van der Waals surface area contributed by atoms with Gasteiger partial charge in [0.1, 0.15) is 0 Å². The molecule has 0 radical (unpaired) electrons.